The van der Waals surface area contributed by atoms with Crippen LogP contribution < -0.4 is 4.74 Å². The normalized spacial score (nSPS) is 19.9. The van der Waals surface area contributed by atoms with Crippen molar-refractivity contribution in [3.8, 4) is 5.75 Å². The van der Waals surface area contributed by atoms with E-state index in [4.69, 9.17) is 14.2 Å². The summed E-state index contributed by atoms with van der Waals surface area (Å²) in [7, 11) is 0. The molecule has 1 aromatic carbocycles. The molecule has 0 aromatic heterocycles. The van der Waals surface area contributed by atoms with Gasteiger partial charge in [0.25, 0.3) is 5.69 Å². The van der Waals surface area contributed by atoms with Crippen molar-refractivity contribution in [1.82, 2.24) is 0 Å². The maximum Gasteiger partial charge on any atom is 0.273 e. The average molecular weight is 239 g/mol. The predicted octanol–water partition coefficient (Wildman–Crippen LogP) is 1.39. The molecule has 0 spiro atoms. The Bertz CT molecular complexity index is 389. The van der Waals surface area contributed by atoms with Crippen molar-refractivity contribution in [2.24, 2.45) is 0 Å². The zero-order chi connectivity index (χ0) is 12.1. The second-order valence-electron chi connectivity index (χ2n) is 3.63. The molecule has 0 unspecified atom stereocenters. The number of nitro benzene ring substituents is 1. The number of nitrogens with zero attached hydrogens (tertiary/aromatic N) is 1. The summed E-state index contributed by atoms with van der Waals surface area (Å²) in [5.41, 5.74) is 0.0170. The number of non-ortho nitro benzene ring substituents is 1. The average Bonchev–Trinajstić information content (AvgIpc) is 2.38. The lowest BCUT2D eigenvalue weighted by Gasteiger charge is -2.22. The molecule has 6 nitrogen and oxygen atoms in total. The molecular weight excluding hydrogens is 226 g/mol. The Morgan fingerprint density at radius 3 is 3.06 bits per heavy atom. The van der Waals surface area contributed by atoms with Gasteiger partial charge < -0.3 is 14.2 Å². The second-order valence-corrected chi connectivity index (χ2v) is 3.63. The molecule has 1 aliphatic heterocycles. The van der Waals surface area contributed by atoms with Gasteiger partial charge in [-0.1, -0.05) is 6.07 Å². The molecular formula is C11H13NO5. The minimum atomic E-state index is -0.451. The molecule has 2 rings (SSSR count). The van der Waals surface area contributed by atoms with Crippen LogP contribution in [0.5, 0.6) is 5.75 Å². The first kappa shape index (κ1) is 11.8. The Balaban J connectivity index is 1.89. The number of nitro groups is 1. The summed E-state index contributed by atoms with van der Waals surface area (Å²) in [5, 5.41) is 10.6. The quantitative estimate of drug-likeness (QED) is 0.586. The first-order chi connectivity index (χ1) is 8.25. The SMILES string of the molecule is O=[N+]([O-])c1cccc(OC[C@H]2COCCO2)c1. The van der Waals surface area contributed by atoms with Gasteiger partial charge in [0.15, 0.2) is 0 Å². The van der Waals surface area contributed by atoms with Gasteiger partial charge in [0.05, 0.1) is 30.8 Å². The Hall–Kier alpha value is -1.66. The third-order valence-electron chi connectivity index (χ3n) is 2.35. The van der Waals surface area contributed by atoms with Crippen molar-refractivity contribution in [2.75, 3.05) is 26.4 Å². The Kier molecular flexibility index (Phi) is 3.89. The summed E-state index contributed by atoms with van der Waals surface area (Å²) in [6.45, 7) is 1.99. The molecule has 0 radical (unpaired) electrons. The number of rotatable bonds is 4. The number of hydrogen-bond donors (Lipinski definition) is 0. The third kappa shape index (κ3) is 3.40. The molecule has 0 bridgehead atoms. The monoisotopic (exact) mass is 239 g/mol. The van der Waals surface area contributed by atoms with Gasteiger partial charge in [0.1, 0.15) is 18.5 Å². The summed E-state index contributed by atoms with van der Waals surface area (Å²) in [6, 6.07) is 6.08. The molecule has 0 N–H and O–H groups in total. The summed E-state index contributed by atoms with van der Waals surface area (Å²) >= 11 is 0. The molecule has 1 atom stereocenters. The first-order valence-electron chi connectivity index (χ1n) is 5.32. The molecule has 0 saturated carbocycles. The number of benzene rings is 1. The standard InChI is InChI=1S/C11H13NO5/c13-12(14)9-2-1-3-10(6-9)17-8-11-7-15-4-5-16-11/h1-3,6,11H,4-5,7-8H2/t11-/m1/s1. The Labute approximate surface area is 98.2 Å². The first-order valence-corrected chi connectivity index (χ1v) is 5.32. The lowest BCUT2D eigenvalue weighted by Crippen LogP contribution is -2.33. The van der Waals surface area contributed by atoms with Crippen molar-refractivity contribution in [2.45, 2.75) is 6.10 Å². The van der Waals surface area contributed by atoms with Crippen molar-refractivity contribution < 1.29 is 19.1 Å². The molecule has 1 aliphatic rings. The predicted molar refractivity (Wildman–Crippen MR) is 59.2 cm³/mol. The number of ether oxygens (including phenoxy) is 3. The van der Waals surface area contributed by atoms with Gasteiger partial charge >= 0.3 is 0 Å². The van der Waals surface area contributed by atoms with Crippen molar-refractivity contribution in [1.29, 1.82) is 0 Å². The van der Waals surface area contributed by atoms with E-state index in [1.165, 1.54) is 12.1 Å². The van der Waals surface area contributed by atoms with Gasteiger partial charge in [0.2, 0.25) is 0 Å². The lowest BCUT2D eigenvalue weighted by atomic mass is 10.3. The van der Waals surface area contributed by atoms with E-state index in [9.17, 15) is 10.1 Å². The Morgan fingerprint density at radius 2 is 2.35 bits per heavy atom. The summed E-state index contributed by atoms with van der Waals surface area (Å²) in [5.74, 6) is 0.466. The molecule has 92 valence electrons. The topological polar surface area (TPSA) is 70.8 Å². The summed E-state index contributed by atoms with van der Waals surface area (Å²) in [6.07, 6.45) is -0.108. The highest BCUT2D eigenvalue weighted by atomic mass is 16.6. The van der Waals surface area contributed by atoms with E-state index in [-0.39, 0.29) is 11.8 Å². The van der Waals surface area contributed by atoms with Gasteiger partial charge in [0, 0.05) is 6.07 Å². The molecule has 1 fully saturated rings. The van der Waals surface area contributed by atoms with Crippen LogP contribution in [-0.2, 0) is 9.47 Å². The second kappa shape index (κ2) is 5.60. The van der Waals surface area contributed by atoms with E-state index < -0.39 is 4.92 Å². The van der Waals surface area contributed by atoms with Crippen molar-refractivity contribution in [3.05, 3.63) is 34.4 Å². The minimum Gasteiger partial charge on any atom is -0.491 e. The van der Waals surface area contributed by atoms with Crippen LogP contribution in [0.2, 0.25) is 0 Å². The largest absolute Gasteiger partial charge is 0.491 e. The Morgan fingerprint density at radius 1 is 1.47 bits per heavy atom. The smallest absolute Gasteiger partial charge is 0.273 e. The lowest BCUT2D eigenvalue weighted by molar-refractivity contribution is -0.384. The molecule has 1 saturated heterocycles. The number of hydrogen-bond acceptors (Lipinski definition) is 5. The van der Waals surface area contributed by atoms with E-state index >= 15 is 0 Å². The van der Waals surface area contributed by atoms with Crippen LogP contribution in [-0.4, -0.2) is 37.5 Å². The van der Waals surface area contributed by atoms with E-state index in [1.54, 1.807) is 12.1 Å². The maximum absolute atomic E-state index is 10.6. The molecule has 17 heavy (non-hydrogen) atoms. The highest BCUT2D eigenvalue weighted by Crippen LogP contribution is 2.19. The highest BCUT2D eigenvalue weighted by molar-refractivity contribution is 5.37. The fourth-order valence-corrected chi connectivity index (χ4v) is 1.51. The van der Waals surface area contributed by atoms with Crippen LogP contribution >= 0.6 is 0 Å². The van der Waals surface area contributed by atoms with Crippen molar-refractivity contribution in [3.63, 3.8) is 0 Å². The molecule has 0 amide bonds. The zero-order valence-electron chi connectivity index (χ0n) is 9.20. The fraction of sp³-hybridized carbons (Fsp3) is 0.455. The molecule has 0 aliphatic carbocycles. The zero-order valence-corrected chi connectivity index (χ0v) is 9.20. The minimum absolute atomic E-state index is 0.0170. The van der Waals surface area contributed by atoms with Crippen LogP contribution in [0.4, 0.5) is 5.69 Å². The molecule has 1 heterocycles. The van der Waals surface area contributed by atoms with Gasteiger partial charge in [-0.2, -0.15) is 0 Å². The van der Waals surface area contributed by atoms with Crippen LogP contribution in [0.25, 0.3) is 0 Å². The van der Waals surface area contributed by atoms with Gasteiger partial charge in [-0.3, -0.25) is 10.1 Å². The van der Waals surface area contributed by atoms with E-state index in [0.717, 1.165) is 0 Å². The van der Waals surface area contributed by atoms with Gasteiger partial charge in [-0.05, 0) is 6.07 Å². The van der Waals surface area contributed by atoms with Crippen LogP contribution in [0.15, 0.2) is 24.3 Å². The summed E-state index contributed by atoms with van der Waals surface area (Å²) in [4.78, 5) is 10.1. The third-order valence-corrected chi connectivity index (χ3v) is 2.35. The van der Waals surface area contributed by atoms with Gasteiger partial charge in [-0.15, -0.1) is 0 Å². The summed E-state index contributed by atoms with van der Waals surface area (Å²) < 4.78 is 16.0. The van der Waals surface area contributed by atoms with Crippen LogP contribution in [0, 0.1) is 10.1 Å². The van der Waals surface area contributed by atoms with E-state index in [1.807, 2.05) is 0 Å². The van der Waals surface area contributed by atoms with E-state index in [2.05, 4.69) is 0 Å². The molecule has 1 aromatic rings. The fourth-order valence-electron chi connectivity index (χ4n) is 1.51. The van der Waals surface area contributed by atoms with Crippen LogP contribution in [0.1, 0.15) is 0 Å². The maximum atomic E-state index is 10.6. The van der Waals surface area contributed by atoms with Crippen molar-refractivity contribution >= 4 is 5.69 Å². The van der Waals surface area contributed by atoms with E-state index in [0.29, 0.717) is 32.2 Å². The van der Waals surface area contributed by atoms with Gasteiger partial charge in [-0.25, -0.2) is 0 Å². The van der Waals surface area contributed by atoms with Crippen LogP contribution in [0.3, 0.4) is 0 Å². The molecule has 6 heteroatoms. The highest BCUT2D eigenvalue weighted by Gasteiger charge is 2.15.